The maximum absolute atomic E-state index is 12.3. The molecule has 0 amide bonds. The molecule has 2 rings (SSSR count). The Balaban J connectivity index is 2.07. The first-order chi connectivity index (χ1) is 11.0. The van der Waals surface area contributed by atoms with Gasteiger partial charge < -0.3 is 9.05 Å². The van der Waals surface area contributed by atoms with Crippen molar-refractivity contribution >= 4 is 15.0 Å². The Bertz CT molecular complexity index is 671. The number of hydrogen-bond acceptors (Lipinski definition) is 5. The van der Waals surface area contributed by atoms with Crippen molar-refractivity contribution < 1.29 is 22.7 Å². The smallest absolute Gasteiger partial charge is 0.312 e. The van der Waals surface area contributed by atoms with Crippen LogP contribution in [0.25, 0.3) is 0 Å². The second-order valence-electron chi connectivity index (χ2n) is 7.05. The van der Waals surface area contributed by atoms with E-state index in [1.165, 1.54) is 6.66 Å². The molecule has 8 atom stereocenters. The summed E-state index contributed by atoms with van der Waals surface area (Å²) >= 11 is 0. The third-order valence-electron chi connectivity index (χ3n) is 4.74. The molecule has 2 heterocycles. The summed E-state index contributed by atoms with van der Waals surface area (Å²) in [6.07, 6.45) is 5.18. The predicted molar refractivity (Wildman–Crippen MR) is 95.3 cm³/mol. The van der Waals surface area contributed by atoms with Crippen LogP contribution in [0.3, 0.4) is 0 Å². The standard InChI is InChI=1S/C17H26O5P2/c1-7-15-14(4)17(22-24(6,19)21-15)10-8-9-16-13(3)12(2)11-23(5,18)20-16/h1,12-17H,10-11H2,2-6H3. The lowest BCUT2D eigenvalue weighted by Gasteiger charge is -2.36. The van der Waals surface area contributed by atoms with Gasteiger partial charge in [-0.25, -0.2) is 0 Å². The topological polar surface area (TPSA) is 61.8 Å². The summed E-state index contributed by atoms with van der Waals surface area (Å²) < 4.78 is 41.0. The lowest BCUT2D eigenvalue weighted by atomic mass is 9.91. The summed E-state index contributed by atoms with van der Waals surface area (Å²) in [6.45, 7) is 9.12. The Hall–Kier alpha value is -0.540. The number of rotatable bonds is 1. The molecular weight excluding hydrogens is 346 g/mol. The molecule has 0 radical (unpaired) electrons. The Labute approximate surface area is 145 Å². The van der Waals surface area contributed by atoms with Crippen LogP contribution in [0, 0.1) is 41.9 Å². The maximum Gasteiger partial charge on any atom is 0.329 e. The highest BCUT2D eigenvalue weighted by Crippen LogP contribution is 2.53. The second kappa shape index (κ2) is 7.37. The Morgan fingerprint density at radius 2 is 1.71 bits per heavy atom. The molecule has 2 aliphatic heterocycles. The molecule has 2 aliphatic rings. The van der Waals surface area contributed by atoms with Crippen LogP contribution in [0.1, 0.15) is 27.2 Å². The van der Waals surface area contributed by atoms with Gasteiger partial charge in [-0.15, -0.1) is 6.42 Å². The van der Waals surface area contributed by atoms with Crippen LogP contribution in [-0.4, -0.2) is 37.8 Å². The van der Waals surface area contributed by atoms with Crippen molar-refractivity contribution in [1.29, 1.82) is 0 Å². The van der Waals surface area contributed by atoms with Crippen molar-refractivity contribution in [3.05, 3.63) is 0 Å². The highest BCUT2D eigenvalue weighted by atomic mass is 31.2. The summed E-state index contributed by atoms with van der Waals surface area (Å²) in [7, 11) is -5.74. The molecule has 0 aliphatic carbocycles. The molecular formula is C17H26O5P2. The third-order valence-corrected chi connectivity index (χ3v) is 7.92. The first kappa shape index (κ1) is 19.8. The molecule has 8 unspecified atom stereocenters. The van der Waals surface area contributed by atoms with Crippen molar-refractivity contribution in [3.8, 4) is 24.2 Å². The predicted octanol–water partition coefficient (Wildman–Crippen LogP) is 3.84. The van der Waals surface area contributed by atoms with Gasteiger partial charge in [-0.05, 0) is 11.8 Å². The van der Waals surface area contributed by atoms with Crippen molar-refractivity contribution in [2.24, 2.45) is 17.8 Å². The summed E-state index contributed by atoms with van der Waals surface area (Å²) in [4.78, 5) is 0. The van der Waals surface area contributed by atoms with Gasteiger partial charge in [0.2, 0.25) is 7.37 Å². The van der Waals surface area contributed by atoms with Gasteiger partial charge in [-0.1, -0.05) is 38.5 Å². The summed E-state index contributed by atoms with van der Waals surface area (Å²) in [6, 6.07) is 0. The minimum Gasteiger partial charge on any atom is -0.312 e. The van der Waals surface area contributed by atoms with Crippen LogP contribution >= 0.6 is 15.0 Å². The minimum absolute atomic E-state index is 0.104. The van der Waals surface area contributed by atoms with E-state index in [1.54, 1.807) is 6.66 Å². The van der Waals surface area contributed by atoms with E-state index in [0.29, 0.717) is 18.5 Å². The van der Waals surface area contributed by atoms with Crippen LogP contribution < -0.4 is 0 Å². The van der Waals surface area contributed by atoms with Crippen molar-refractivity contribution in [3.63, 3.8) is 0 Å². The highest BCUT2D eigenvalue weighted by Gasteiger charge is 2.40. The van der Waals surface area contributed by atoms with Gasteiger partial charge in [0.05, 0.1) is 6.10 Å². The summed E-state index contributed by atoms with van der Waals surface area (Å²) in [5.41, 5.74) is 0. The highest BCUT2D eigenvalue weighted by molar-refractivity contribution is 7.58. The summed E-state index contributed by atoms with van der Waals surface area (Å²) in [5, 5.41) is 0. The number of hydrogen-bond donors (Lipinski definition) is 0. The van der Waals surface area contributed by atoms with E-state index in [4.69, 9.17) is 20.0 Å². The molecule has 0 aromatic rings. The zero-order valence-electron chi connectivity index (χ0n) is 14.9. The molecule has 0 spiro atoms. The van der Waals surface area contributed by atoms with Crippen LogP contribution in [0.2, 0.25) is 0 Å². The van der Waals surface area contributed by atoms with Crippen molar-refractivity contribution in [1.82, 2.24) is 0 Å². The van der Waals surface area contributed by atoms with Gasteiger partial charge >= 0.3 is 7.60 Å². The van der Waals surface area contributed by atoms with Crippen LogP contribution in [0.4, 0.5) is 0 Å². The Morgan fingerprint density at radius 1 is 1.04 bits per heavy atom. The fourth-order valence-corrected chi connectivity index (χ4v) is 6.72. The Kier molecular flexibility index (Phi) is 6.08. The zero-order chi connectivity index (χ0) is 18.1. The molecule has 0 aromatic heterocycles. The molecule has 0 aromatic carbocycles. The zero-order valence-corrected chi connectivity index (χ0v) is 16.7. The molecule has 5 nitrogen and oxygen atoms in total. The molecule has 0 bridgehead atoms. The van der Waals surface area contributed by atoms with E-state index in [2.05, 4.69) is 31.6 Å². The Morgan fingerprint density at radius 3 is 2.33 bits per heavy atom. The average Bonchev–Trinajstić information content (AvgIpc) is 2.46. The summed E-state index contributed by atoms with van der Waals surface area (Å²) in [5.74, 6) is 9.06. The molecule has 134 valence electrons. The van der Waals surface area contributed by atoms with Gasteiger partial charge in [-0.2, -0.15) is 0 Å². The maximum atomic E-state index is 12.3. The largest absolute Gasteiger partial charge is 0.329 e. The fourth-order valence-electron chi connectivity index (χ4n) is 3.05. The second-order valence-corrected chi connectivity index (χ2v) is 11.6. The van der Waals surface area contributed by atoms with Crippen molar-refractivity contribution in [2.75, 3.05) is 19.5 Å². The lowest BCUT2D eigenvalue weighted by molar-refractivity contribution is 0.0117. The normalized spacial score (nSPS) is 48.8. The fraction of sp³-hybridized carbons (Fsp3) is 0.765. The first-order valence-corrected chi connectivity index (χ1v) is 12.4. The molecule has 0 saturated carbocycles. The van der Waals surface area contributed by atoms with Gasteiger partial charge in [0.15, 0.2) is 0 Å². The van der Waals surface area contributed by atoms with E-state index < -0.39 is 21.1 Å². The average molecular weight is 372 g/mol. The van der Waals surface area contributed by atoms with Gasteiger partial charge in [0, 0.05) is 31.8 Å². The van der Waals surface area contributed by atoms with E-state index in [0.717, 1.165) is 0 Å². The lowest BCUT2D eigenvalue weighted by Crippen LogP contribution is -2.36. The molecule has 24 heavy (non-hydrogen) atoms. The monoisotopic (exact) mass is 372 g/mol. The molecule has 2 fully saturated rings. The molecule has 7 heteroatoms. The third kappa shape index (κ3) is 4.76. The van der Waals surface area contributed by atoms with E-state index >= 15 is 0 Å². The van der Waals surface area contributed by atoms with Crippen LogP contribution in [0.5, 0.6) is 0 Å². The van der Waals surface area contributed by atoms with Gasteiger partial charge in [0.25, 0.3) is 0 Å². The molecule has 0 N–H and O–H groups in total. The van der Waals surface area contributed by atoms with E-state index in [-0.39, 0.29) is 24.0 Å². The van der Waals surface area contributed by atoms with Crippen LogP contribution in [0.15, 0.2) is 0 Å². The molecule has 2 saturated heterocycles. The number of terminal acetylenes is 1. The van der Waals surface area contributed by atoms with Gasteiger partial charge in [-0.3, -0.25) is 13.7 Å². The quantitative estimate of drug-likeness (QED) is 0.517. The van der Waals surface area contributed by atoms with Crippen LogP contribution in [-0.2, 0) is 22.7 Å². The van der Waals surface area contributed by atoms with E-state index in [9.17, 15) is 9.13 Å². The van der Waals surface area contributed by atoms with E-state index in [1.807, 2.05) is 6.92 Å². The SMILES string of the molecule is C#CC1OP(C)(=O)OC(CC#CC2OP(C)(=O)CC(C)C2C)C1C. The van der Waals surface area contributed by atoms with Gasteiger partial charge in [0.1, 0.15) is 12.2 Å². The minimum atomic E-state index is -3.15. The van der Waals surface area contributed by atoms with Crippen molar-refractivity contribution in [2.45, 2.75) is 45.5 Å². The first-order valence-electron chi connectivity index (χ1n) is 8.18.